The van der Waals surface area contributed by atoms with Crippen LogP contribution in [0.5, 0.6) is 0 Å². The monoisotopic (exact) mass is 330 g/mol. The molecule has 0 aromatic rings. The van der Waals surface area contributed by atoms with Crippen molar-refractivity contribution < 1.29 is 28.8 Å². The minimum absolute atomic E-state index is 0.0761. The Morgan fingerprint density at radius 3 is 1.84 bits per heavy atom. The molecule has 0 radical (unpaired) electrons. The van der Waals surface area contributed by atoms with Gasteiger partial charge in [-0.2, -0.15) is 0 Å². The van der Waals surface area contributed by atoms with Crippen LogP contribution in [0.4, 0.5) is 0 Å². The third kappa shape index (κ3) is 2.60. The van der Waals surface area contributed by atoms with Gasteiger partial charge >= 0.3 is 0 Å². The van der Waals surface area contributed by atoms with E-state index in [-0.39, 0.29) is 17.9 Å². The Kier molecular flexibility index (Phi) is 4.99. The molecular formula is C12H11BrO6. The molecule has 0 amide bonds. The highest BCUT2D eigenvalue weighted by Gasteiger charge is 2.52. The zero-order chi connectivity index (χ0) is 14.7. The molecule has 102 valence electrons. The summed E-state index contributed by atoms with van der Waals surface area (Å²) in [4.78, 5) is 68.8. The lowest BCUT2D eigenvalue weighted by molar-refractivity contribution is -0.153. The average Bonchev–Trinajstić information content (AvgIpc) is 2.38. The van der Waals surface area contributed by atoms with Gasteiger partial charge in [0, 0.05) is 11.2 Å². The summed E-state index contributed by atoms with van der Waals surface area (Å²) in [5, 5.41) is 0.231. The number of aldehydes is 2. The fourth-order valence-electron chi connectivity index (χ4n) is 1.88. The molecule has 1 aliphatic carbocycles. The van der Waals surface area contributed by atoms with Gasteiger partial charge in [-0.05, 0) is 0 Å². The van der Waals surface area contributed by atoms with Crippen LogP contribution < -0.4 is 0 Å². The second-order valence-electron chi connectivity index (χ2n) is 4.33. The average molecular weight is 331 g/mol. The number of halogens is 1. The number of carbonyl (C=O) groups is 6. The van der Waals surface area contributed by atoms with E-state index in [2.05, 4.69) is 15.9 Å². The summed E-state index contributed by atoms with van der Waals surface area (Å²) in [6, 6.07) is 0. The Hall–Kier alpha value is -1.50. The fraction of sp³-hybridized carbons (Fsp3) is 0.500. The number of Topliss-reactive ketones (excluding diaryl/α,β-unsaturated/α-hetero) is 4. The Morgan fingerprint density at radius 2 is 1.53 bits per heavy atom. The van der Waals surface area contributed by atoms with Crippen LogP contribution in [0.3, 0.4) is 0 Å². The molecule has 0 N–H and O–H groups in total. The van der Waals surface area contributed by atoms with Gasteiger partial charge in [0.25, 0.3) is 0 Å². The first-order valence-electron chi connectivity index (χ1n) is 5.52. The number of hydrogen-bond donors (Lipinski definition) is 0. The highest BCUT2D eigenvalue weighted by atomic mass is 79.9. The number of hydrogen-bond acceptors (Lipinski definition) is 6. The molecular weight excluding hydrogens is 320 g/mol. The van der Waals surface area contributed by atoms with Crippen molar-refractivity contribution in [2.24, 2.45) is 23.7 Å². The molecule has 0 saturated heterocycles. The van der Waals surface area contributed by atoms with Crippen molar-refractivity contribution >= 4 is 51.6 Å². The van der Waals surface area contributed by atoms with Crippen LogP contribution in [0.15, 0.2) is 0 Å². The van der Waals surface area contributed by atoms with E-state index in [4.69, 9.17) is 0 Å². The number of ketones is 4. The lowest BCUT2D eigenvalue weighted by Crippen LogP contribution is -2.53. The van der Waals surface area contributed by atoms with Crippen LogP contribution in [-0.2, 0) is 28.8 Å². The predicted molar refractivity (Wildman–Crippen MR) is 65.6 cm³/mol. The Labute approximate surface area is 117 Å². The molecule has 0 aromatic heterocycles. The summed E-state index contributed by atoms with van der Waals surface area (Å²) in [6.45, 7) is 1.50. The maximum Gasteiger partial charge on any atom is 0.168 e. The summed E-state index contributed by atoms with van der Waals surface area (Å²) >= 11 is 3.05. The van der Waals surface area contributed by atoms with Gasteiger partial charge in [0.05, 0.1) is 0 Å². The molecule has 3 atom stereocenters. The summed E-state index contributed by atoms with van der Waals surface area (Å²) in [7, 11) is 0. The van der Waals surface area contributed by atoms with Crippen molar-refractivity contribution in [2.75, 3.05) is 5.33 Å². The van der Waals surface area contributed by atoms with Gasteiger partial charge in [0.2, 0.25) is 0 Å². The van der Waals surface area contributed by atoms with Gasteiger partial charge in [-0.25, -0.2) is 0 Å². The maximum atomic E-state index is 12.0. The van der Waals surface area contributed by atoms with E-state index in [1.807, 2.05) is 0 Å². The Bertz CT molecular complexity index is 439. The molecule has 0 spiro atoms. The van der Waals surface area contributed by atoms with E-state index < -0.39 is 46.8 Å². The van der Waals surface area contributed by atoms with Crippen LogP contribution in [0.1, 0.15) is 6.92 Å². The zero-order valence-electron chi connectivity index (χ0n) is 10.00. The molecule has 6 nitrogen and oxygen atoms in total. The summed E-state index contributed by atoms with van der Waals surface area (Å²) in [6.07, 6.45) is 0.152. The largest absolute Gasteiger partial charge is 0.302 e. The van der Waals surface area contributed by atoms with Crippen molar-refractivity contribution in [3.63, 3.8) is 0 Å². The van der Waals surface area contributed by atoms with E-state index in [9.17, 15) is 28.8 Å². The topological polar surface area (TPSA) is 102 Å². The van der Waals surface area contributed by atoms with Gasteiger partial charge in [-0.3, -0.25) is 19.2 Å². The minimum Gasteiger partial charge on any atom is -0.302 e. The minimum atomic E-state index is -1.70. The van der Waals surface area contributed by atoms with Crippen molar-refractivity contribution in [1.29, 1.82) is 0 Å². The summed E-state index contributed by atoms with van der Waals surface area (Å²) < 4.78 is 0. The third-order valence-corrected chi connectivity index (χ3v) is 4.04. The van der Waals surface area contributed by atoms with E-state index in [0.717, 1.165) is 0 Å². The second-order valence-corrected chi connectivity index (χ2v) is 4.97. The van der Waals surface area contributed by atoms with E-state index in [1.165, 1.54) is 6.92 Å². The molecule has 1 saturated carbocycles. The maximum absolute atomic E-state index is 12.0. The number of carbonyl (C=O) groups excluding carboxylic acids is 6. The molecule has 3 unspecified atom stereocenters. The highest BCUT2D eigenvalue weighted by Crippen LogP contribution is 2.26. The molecule has 1 aliphatic rings. The van der Waals surface area contributed by atoms with Crippen LogP contribution in [0, 0.1) is 23.7 Å². The molecule has 0 aliphatic heterocycles. The lowest BCUT2D eigenvalue weighted by Gasteiger charge is -2.26. The van der Waals surface area contributed by atoms with Gasteiger partial charge in [-0.15, -0.1) is 0 Å². The standard InChI is InChI=1S/C12H11BrO6/c1-5(2-13)9(16)8-11(18)6(3-14)10(17)7(4-15)12(8)19/h3-8H,2H2,1H3. The lowest BCUT2D eigenvalue weighted by atomic mass is 9.70. The molecule has 7 heteroatoms. The first-order chi connectivity index (χ1) is 8.90. The molecule has 1 rings (SSSR count). The molecule has 19 heavy (non-hydrogen) atoms. The predicted octanol–water partition coefficient (Wildman–Crippen LogP) is -0.446. The van der Waals surface area contributed by atoms with E-state index in [1.54, 1.807) is 0 Å². The number of alkyl halides is 1. The van der Waals surface area contributed by atoms with Crippen LogP contribution in [0.2, 0.25) is 0 Å². The Balaban J connectivity index is 3.22. The molecule has 0 bridgehead atoms. The molecule has 0 aromatic carbocycles. The number of rotatable bonds is 5. The SMILES string of the molecule is CC(CBr)C(=O)C1C(=O)C(C=O)C(=O)C(C=O)C1=O. The quantitative estimate of drug-likeness (QED) is 0.384. The van der Waals surface area contributed by atoms with Gasteiger partial charge < -0.3 is 9.59 Å². The van der Waals surface area contributed by atoms with Crippen LogP contribution in [-0.4, -0.2) is 41.0 Å². The van der Waals surface area contributed by atoms with Gasteiger partial charge in [-0.1, -0.05) is 22.9 Å². The highest BCUT2D eigenvalue weighted by molar-refractivity contribution is 9.09. The Morgan fingerprint density at radius 1 is 1.11 bits per heavy atom. The van der Waals surface area contributed by atoms with Gasteiger partial charge in [0.1, 0.15) is 30.3 Å². The van der Waals surface area contributed by atoms with Crippen LogP contribution >= 0.6 is 15.9 Å². The van der Waals surface area contributed by atoms with E-state index in [0.29, 0.717) is 0 Å². The fourth-order valence-corrected chi connectivity index (χ4v) is 2.20. The first-order valence-corrected chi connectivity index (χ1v) is 6.64. The second kappa shape index (κ2) is 6.10. The van der Waals surface area contributed by atoms with Gasteiger partial charge in [0.15, 0.2) is 23.1 Å². The van der Waals surface area contributed by atoms with Crippen LogP contribution in [0.25, 0.3) is 0 Å². The van der Waals surface area contributed by atoms with Crippen molar-refractivity contribution in [2.45, 2.75) is 6.92 Å². The smallest absolute Gasteiger partial charge is 0.168 e. The third-order valence-electron chi connectivity index (χ3n) is 3.07. The van der Waals surface area contributed by atoms with Crippen molar-refractivity contribution in [3.8, 4) is 0 Å². The van der Waals surface area contributed by atoms with Crippen molar-refractivity contribution in [3.05, 3.63) is 0 Å². The first kappa shape index (κ1) is 15.6. The zero-order valence-corrected chi connectivity index (χ0v) is 11.6. The summed E-state index contributed by atoms with van der Waals surface area (Å²) in [5.74, 6) is -9.52. The summed E-state index contributed by atoms with van der Waals surface area (Å²) in [5.41, 5.74) is 0. The van der Waals surface area contributed by atoms with E-state index >= 15 is 0 Å². The normalized spacial score (nSPS) is 28.9. The van der Waals surface area contributed by atoms with Crippen molar-refractivity contribution in [1.82, 2.24) is 0 Å². The molecule has 1 fully saturated rings. The molecule has 0 heterocycles.